The molecular weight excluding hydrogens is 358 g/mol. The summed E-state index contributed by atoms with van der Waals surface area (Å²) in [6, 6.07) is 18.3. The zero-order valence-corrected chi connectivity index (χ0v) is 17.7. The third-order valence-corrected chi connectivity index (χ3v) is 5.19. The summed E-state index contributed by atoms with van der Waals surface area (Å²) >= 11 is 0. The van der Waals surface area contributed by atoms with Crippen LogP contribution in [0.15, 0.2) is 48.5 Å². The number of aryl methyl sites for hydroxylation is 1. The molecule has 0 fully saturated rings. The van der Waals surface area contributed by atoms with Crippen molar-refractivity contribution >= 4 is 0 Å². The molecule has 4 nitrogen and oxygen atoms in total. The van der Waals surface area contributed by atoms with Gasteiger partial charge in [0.1, 0.15) is 11.4 Å². The number of aromatic nitrogens is 2. The number of rotatable bonds is 7. The van der Waals surface area contributed by atoms with Crippen molar-refractivity contribution in [2.24, 2.45) is 0 Å². The van der Waals surface area contributed by atoms with Gasteiger partial charge in [-0.2, -0.15) is 5.26 Å². The third-order valence-electron chi connectivity index (χ3n) is 5.19. The molecule has 0 aliphatic carbocycles. The van der Waals surface area contributed by atoms with E-state index in [1.165, 1.54) is 5.56 Å². The van der Waals surface area contributed by atoms with Crippen LogP contribution in [0.5, 0.6) is 0 Å². The number of nitriles is 1. The molecule has 0 spiro atoms. The minimum absolute atomic E-state index is 0.683. The van der Waals surface area contributed by atoms with Gasteiger partial charge >= 0.3 is 0 Å². The fourth-order valence-electron chi connectivity index (χ4n) is 3.79. The molecule has 0 amide bonds. The molecule has 0 saturated carbocycles. The van der Waals surface area contributed by atoms with Gasteiger partial charge in [0, 0.05) is 18.7 Å². The maximum Gasteiger partial charge on any atom is 0.109 e. The van der Waals surface area contributed by atoms with Crippen LogP contribution in [0.1, 0.15) is 62.5 Å². The van der Waals surface area contributed by atoms with Crippen molar-refractivity contribution in [3.63, 3.8) is 0 Å². The van der Waals surface area contributed by atoms with Gasteiger partial charge in [-0.3, -0.25) is 0 Å². The lowest BCUT2D eigenvalue weighted by Crippen LogP contribution is -2.19. The molecule has 1 N–H and O–H groups in total. The van der Waals surface area contributed by atoms with E-state index < -0.39 is 5.60 Å². The summed E-state index contributed by atoms with van der Waals surface area (Å²) in [7, 11) is 0. The molecule has 150 valence electrons. The lowest BCUT2D eigenvalue weighted by Gasteiger charge is -2.17. The summed E-state index contributed by atoms with van der Waals surface area (Å²) in [5, 5.41) is 19.9. The Kier molecular flexibility index (Phi) is 6.20. The van der Waals surface area contributed by atoms with E-state index in [1.807, 2.05) is 24.3 Å². The third kappa shape index (κ3) is 4.41. The van der Waals surface area contributed by atoms with Gasteiger partial charge in [0.05, 0.1) is 17.3 Å². The zero-order valence-electron chi connectivity index (χ0n) is 17.7. The number of nitrogens with zero attached hydrogens (tertiary/aromatic N) is 3. The lowest BCUT2D eigenvalue weighted by molar-refractivity contribution is 0.0730. The summed E-state index contributed by atoms with van der Waals surface area (Å²) < 4.78 is 2.26. The normalized spacial score (nSPS) is 11.4. The molecule has 29 heavy (non-hydrogen) atoms. The first-order chi connectivity index (χ1) is 13.9. The van der Waals surface area contributed by atoms with Gasteiger partial charge in [0.2, 0.25) is 0 Å². The van der Waals surface area contributed by atoms with Gasteiger partial charge in [0.25, 0.3) is 0 Å². The van der Waals surface area contributed by atoms with Gasteiger partial charge in [-0.05, 0) is 49.4 Å². The van der Waals surface area contributed by atoms with Crippen LogP contribution in [-0.2, 0) is 25.0 Å². The Hall–Kier alpha value is -2.90. The smallest absolute Gasteiger partial charge is 0.109 e. The average Bonchev–Trinajstić information content (AvgIpc) is 3.06. The lowest BCUT2D eigenvalue weighted by atomic mass is 9.99. The molecular formula is C25H29N3O. The highest BCUT2D eigenvalue weighted by atomic mass is 16.3. The van der Waals surface area contributed by atoms with E-state index in [0.29, 0.717) is 5.56 Å². The molecule has 1 aromatic heterocycles. The van der Waals surface area contributed by atoms with E-state index in [-0.39, 0.29) is 0 Å². The molecule has 4 heteroatoms. The molecule has 0 saturated heterocycles. The molecule has 2 aromatic carbocycles. The maximum atomic E-state index is 10.6. The summed E-state index contributed by atoms with van der Waals surface area (Å²) in [6.45, 7) is 8.59. The standard InChI is InChI=1S/C25H29N3O/c1-5-9-23-27-24(25(3,4)29)22(6-2)28(23)17-18-12-14-19(15-13-18)21-11-8-7-10-20(21)16-26/h7-8,10-15,29H,5-6,9,17H2,1-4H3. The van der Waals surface area contributed by atoms with E-state index in [9.17, 15) is 10.4 Å². The summed E-state index contributed by atoms with van der Waals surface area (Å²) in [5.41, 5.74) is 4.78. The minimum Gasteiger partial charge on any atom is -0.384 e. The van der Waals surface area contributed by atoms with Crippen LogP contribution < -0.4 is 0 Å². The zero-order chi connectivity index (χ0) is 21.0. The predicted molar refractivity (Wildman–Crippen MR) is 117 cm³/mol. The summed E-state index contributed by atoms with van der Waals surface area (Å²) in [6.07, 6.45) is 2.72. The van der Waals surface area contributed by atoms with Crippen LogP contribution in [0.25, 0.3) is 11.1 Å². The van der Waals surface area contributed by atoms with Crippen LogP contribution in [0.2, 0.25) is 0 Å². The second-order valence-electron chi connectivity index (χ2n) is 7.93. The minimum atomic E-state index is -0.954. The van der Waals surface area contributed by atoms with Crippen molar-refractivity contribution in [3.8, 4) is 17.2 Å². The fourth-order valence-corrected chi connectivity index (χ4v) is 3.79. The fraction of sp³-hybridized carbons (Fsp3) is 0.360. The van der Waals surface area contributed by atoms with Crippen molar-refractivity contribution in [3.05, 3.63) is 76.9 Å². The van der Waals surface area contributed by atoms with Crippen LogP contribution in [0.4, 0.5) is 0 Å². The molecule has 0 aliphatic heterocycles. The van der Waals surface area contributed by atoms with E-state index in [0.717, 1.165) is 54.1 Å². The van der Waals surface area contributed by atoms with Gasteiger partial charge in [-0.25, -0.2) is 4.98 Å². The Morgan fingerprint density at radius 2 is 1.76 bits per heavy atom. The molecule has 0 atom stereocenters. The number of imidazole rings is 1. The highest BCUT2D eigenvalue weighted by molar-refractivity contribution is 5.70. The first kappa shape index (κ1) is 20.8. The van der Waals surface area contributed by atoms with E-state index in [1.54, 1.807) is 13.8 Å². The van der Waals surface area contributed by atoms with Crippen molar-refractivity contribution in [1.82, 2.24) is 9.55 Å². The average molecular weight is 388 g/mol. The molecule has 1 heterocycles. The Morgan fingerprint density at radius 3 is 2.34 bits per heavy atom. The maximum absolute atomic E-state index is 10.6. The Morgan fingerprint density at radius 1 is 1.07 bits per heavy atom. The molecule has 0 unspecified atom stereocenters. The number of hydrogen-bond acceptors (Lipinski definition) is 3. The topological polar surface area (TPSA) is 61.8 Å². The number of hydrogen-bond donors (Lipinski definition) is 1. The second-order valence-corrected chi connectivity index (χ2v) is 7.93. The number of benzene rings is 2. The summed E-state index contributed by atoms with van der Waals surface area (Å²) in [5.74, 6) is 1.03. The molecule has 3 rings (SSSR count). The van der Waals surface area contributed by atoms with Crippen molar-refractivity contribution in [1.29, 1.82) is 5.26 Å². The molecule has 3 aromatic rings. The molecule has 0 bridgehead atoms. The first-order valence-corrected chi connectivity index (χ1v) is 10.3. The number of aliphatic hydroxyl groups is 1. The highest BCUT2D eigenvalue weighted by Gasteiger charge is 2.26. The Bertz CT molecular complexity index is 1020. The van der Waals surface area contributed by atoms with Crippen LogP contribution in [0, 0.1) is 11.3 Å². The predicted octanol–water partition coefficient (Wildman–Crippen LogP) is 5.21. The van der Waals surface area contributed by atoms with Crippen molar-refractivity contribution in [2.45, 2.75) is 59.1 Å². The van der Waals surface area contributed by atoms with E-state index in [2.05, 4.69) is 48.7 Å². The SMILES string of the molecule is CCCc1nc(C(C)(C)O)c(CC)n1Cc1ccc(-c2ccccc2C#N)cc1. The van der Waals surface area contributed by atoms with Crippen LogP contribution >= 0.6 is 0 Å². The largest absolute Gasteiger partial charge is 0.384 e. The van der Waals surface area contributed by atoms with E-state index in [4.69, 9.17) is 4.98 Å². The monoisotopic (exact) mass is 387 g/mol. The Balaban J connectivity index is 1.96. The van der Waals surface area contributed by atoms with Crippen molar-refractivity contribution in [2.75, 3.05) is 0 Å². The van der Waals surface area contributed by atoms with E-state index >= 15 is 0 Å². The molecule has 0 radical (unpaired) electrons. The van der Waals surface area contributed by atoms with Crippen LogP contribution in [-0.4, -0.2) is 14.7 Å². The van der Waals surface area contributed by atoms with Gasteiger partial charge in [-0.15, -0.1) is 0 Å². The van der Waals surface area contributed by atoms with Gasteiger partial charge in [0.15, 0.2) is 0 Å². The quantitative estimate of drug-likeness (QED) is 0.605. The second kappa shape index (κ2) is 8.63. The first-order valence-electron chi connectivity index (χ1n) is 10.3. The Labute approximate surface area is 173 Å². The highest BCUT2D eigenvalue weighted by Crippen LogP contribution is 2.27. The molecule has 0 aliphatic rings. The summed E-state index contributed by atoms with van der Waals surface area (Å²) in [4.78, 5) is 4.80. The van der Waals surface area contributed by atoms with Crippen LogP contribution in [0.3, 0.4) is 0 Å². The van der Waals surface area contributed by atoms with Gasteiger partial charge < -0.3 is 9.67 Å². The van der Waals surface area contributed by atoms with Crippen molar-refractivity contribution < 1.29 is 5.11 Å². The van der Waals surface area contributed by atoms with Gasteiger partial charge in [-0.1, -0.05) is 56.3 Å².